The summed E-state index contributed by atoms with van der Waals surface area (Å²) in [6.45, 7) is 3.78. The number of hydrogen-bond donors (Lipinski definition) is 2. The maximum atomic E-state index is 13.2. The molecule has 0 spiro atoms. The molecule has 1 amide bonds. The number of aromatic nitrogens is 5. The lowest BCUT2D eigenvalue weighted by Crippen LogP contribution is -2.37. The molecular formula is C25H23F3N6O2. The summed E-state index contributed by atoms with van der Waals surface area (Å²) in [6, 6.07) is 13.0. The van der Waals surface area contributed by atoms with E-state index in [0.29, 0.717) is 5.56 Å². The molecule has 0 aliphatic carbocycles. The van der Waals surface area contributed by atoms with E-state index in [0.717, 1.165) is 42.5 Å². The van der Waals surface area contributed by atoms with Crippen molar-refractivity contribution in [3.05, 3.63) is 83.2 Å². The largest absolute Gasteiger partial charge is 0.401 e. The van der Waals surface area contributed by atoms with Crippen molar-refractivity contribution in [1.29, 1.82) is 0 Å². The van der Waals surface area contributed by atoms with E-state index in [9.17, 15) is 22.8 Å². The van der Waals surface area contributed by atoms with Crippen LogP contribution >= 0.6 is 0 Å². The number of amides is 1. The first-order valence-corrected chi connectivity index (χ1v) is 11.0. The Morgan fingerprint density at radius 3 is 2.44 bits per heavy atom. The number of nitrogens with one attached hydrogen (secondary N) is 2. The predicted octanol–water partition coefficient (Wildman–Crippen LogP) is 4.55. The summed E-state index contributed by atoms with van der Waals surface area (Å²) >= 11 is 0. The van der Waals surface area contributed by atoms with Gasteiger partial charge in [-0.3, -0.25) is 14.7 Å². The number of H-pyrrole nitrogens is 1. The highest BCUT2D eigenvalue weighted by atomic mass is 19.4. The molecule has 0 bridgehead atoms. The van der Waals surface area contributed by atoms with E-state index in [4.69, 9.17) is 0 Å². The second kappa shape index (κ2) is 9.40. The Bertz CT molecular complexity index is 1400. The van der Waals surface area contributed by atoms with E-state index in [2.05, 4.69) is 25.6 Å². The molecule has 4 rings (SSSR count). The van der Waals surface area contributed by atoms with E-state index in [1.807, 2.05) is 37.3 Å². The van der Waals surface area contributed by atoms with E-state index >= 15 is 0 Å². The second-order valence-electron chi connectivity index (χ2n) is 8.83. The fourth-order valence-corrected chi connectivity index (χ4v) is 3.46. The van der Waals surface area contributed by atoms with Crippen molar-refractivity contribution in [3.8, 4) is 16.8 Å². The van der Waals surface area contributed by atoms with Crippen LogP contribution in [0.25, 0.3) is 16.8 Å². The Labute approximate surface area is 204 Å². The molecule has 8 nitrogen and oxygen atoms in total. The molecule has 0 unspecified atom stereocenters. The first-order chi connectivity index (χ1) is 17.0. The van der Waals surface area contributed by atoms with Gasteiger partial charge in [-0.1, -0.05) is 30.3 Å². The van der Waals surface area contributed by atoms with Gasteiger partial charge >= 0.3 is 6.18 Å². The summed E-state index contributed by atoms with van der Waals surface area (Å²) in [5.74, 6) is -0.750. The van der Waals surface area contributed by atoms with Crippen LogP contribution in [0.2, 0.25) is 0 Å². The minimum absolute atomic E-state index is 0.107. The average Bonchev–Trinajstić information content (AvgIpc) is 3.52. The van der Waals surface area contributed by atoms with Gasteiger partial charge in [-0.15, -0.1) is 0 Å². The van der Waals surface area contributed by atoms with Gasteiger partial charge in [0.1, 0.15) is 17.5 Å². The number of hydrogen-bond acceptors (Lipinski definition) is 5. The molecule has 0 atom stereocenters. The van der Waals surface area contributed by atoms with Crippen LogP contribution in [0, 0.1) is 6.92 Å². The highest BCUT2D eigenvalue weighted by Gasteiger charge is 2.51. The molecule has 2 heterocycles. The van der Waals surface area contributed by atoms with Gasteiger partial charge in [0.05, 0.1) is 24.0 Å². The highest BCUT2D eigenvalue weighted by Crippen LogP contribution is 2.38. The van der Waals surface area contributed by atoms with Crippen LogP contribution in [0.4, 0.5) is 13.2 Å². The second-order valence-corrected chi connectivity index (χ2v) is 8.83. The Hall–Kier alpha value is -4.28. The molecule has 0 aliphatic heterocycles. The third-order valence-electron chi connectivity index (χ3n) is 5.88. The summed E-state index contributed by atoms with van der Waals surface area (Å²) in [5.41, 5.74) is 2.28. The van der Waals surface area contributed by atoms with Crippen molar-refractivity contribution < 1.29 is 22.8 Å². The van der Waals surface area contributed by atoms with E-state index in [1.54, 1.807) is 23.0 Å². The molecule has 2 aromatic carbocycles. The standard InChI is InChI=1S/C25H23F3N6O2/c1-15-10-18(17-6-4-16(14-35)5-7-17)8-9-20(15)34-13-19(11-30-34)22(36)29-12-21-31-23(33-32-21)24(2,3)25(26,27)28/h4-11,13-14H,12H2,1-3H3,(H,29,36)(H,31,32,33). The monoisotopic (exact) mass is 496 g/mol. The van der Waals surface area contributed by atoms with Crippen molar-refractivity contribution in [2.24, 2.45) is 0 Å². The highest BCUT2D eigenvalue weighted by molar-refractivity contribution is 5.93. The minimum Gasteiger partial charge on any atom is -0.345 e. The van der Waals surface area contributed by atoms with Crippen LogP contribution in [0.3, 0.4) is 0 Å². The van der Waals surface area contributed by atoms with Crippen LogP contribution in [0.1, 0.15) is 51.8 Å². The zero-order chi connectivity index (χ0) is 26.1. The van der Waals surface area contributed by atoms with Crippen LogP contribution in [0.5, 0.6) is 0 Å². The summed E-state index contributed by atoms with van der Waals surface area (Å²) < 4.78 is 41.1. The number of benzene rings is 2. The molecule has 0 saturated carbocycles. The van der Waals surface area contributed by atoms with Gasteiger partial charge in [0.25, 0.3) is 5.91 Å². The summed E-state index contributed by atoms with van der Waals surface area (Å²) in [6.07, 6.45) is -0.753. The number of rotatable bonds is 7. The number of aldehydes is 1. The molecule has 0 saturated heterocycles. The third-order valence-corrected chi connectivity index (χ3v) is 5.88. The number of aromatic amines is 1. The topological polar surface area (TPSA) is 106 Å². The maximum absolute atomic E-state index is 13.2. The zero-order valence-electron chi connectivity index (χ0n) is 19.7. The maximum Gasteiger partial charge on any atom is 0.401 e. The van der Waals surface area contributed by atoms with E-state index in [1.165, 1.54) is 6.20 Å². The van der Waals surface area contributed by atoms with Gasteiger partial charge in [-0.05, 0) is 49.6 Å². The zero-order valence-corrected chi connectivity index (χ0v) is 19.7. The van der Waals surface area contributed by atoms with Crippen molar-refractivity contribution in [1.82, 2.24) is 30.3 Å². The normalized spacial score (nSPS) is 11.9. The van der Waals surface area contributed by atoms with Gasteiger partial charge in [-0.25, -0.2) is 9.67 Å². The number of aryl methyl sites for hydroxylation is 1. The molecule has 2 N–H and O–H groups in total. The molecular weight excluding hydrogens is 473 g/mol. The van der Waals surface area contributed by atoms with Gasteiger partial charge in [0.15, 0.2) is 5.82 Å². The SMILES string of the molecule is Cc1cc(-c2ccc(C=O)cc2)ccc1-n1cc(C(=O)NCc2nc(C(C)(C)C(F)(F)F)n[nH]2)cn1. The minimum atomic E-state index is -4.51. The summed E-state index contributed by atoms with van der Waals surface area (Å²) in [7, 11) is 0. The van der Waals surface area contributed by atoms with Crippen molar-refractivity contribution in [2.75, 3.05) is 0 Å². The van der Waals surface area contributed by atoms with Crippen LogP contribution in [0.15, 0.2) is 54.9 Å². The molecule has 4 aromatic rings. The summed E-state index contributed by atoms with van der Waals surface area (Å²) in [4.78, 5) is 27.3. The van der Waals surface area contributed by atoms with E-state index in [-0.39, 0.29) is 17.9 Å². The number of carbonyl (C=O) groups is 2. The Balaban J connectivity index is 1.43. The van der Waals surface area contributed by atoms with Crippen LogP contribution < -0.4 is 5.32 Å². The lowest BCUT2D eigenvalue weighted by Gasteiger charge is -2.24. The van der Waals surface area contributed by atoms with E-state index < -0.39 is 23.3 Å². The number of nitrogens with zero attached hydrogens (tertiary/aromatic N) is 4. The Morgan fingerprint density at radius 1 is 1.11 bits per heavy atom. The van der Waals surface area contributed by atoms with Gasteiger partial charge < -0.3 is 5.32 Å². The molecule has 0 radical (unpaired) electrons. The number of carbonyl (C=O) groups excluding carboxylic acids is 2. The Kier molecular flexibility index (Phi) is 6.49. The van der Waals surface area contributed by atoms with Crippen molar-refractivity contribution in [2.45, 2.75) is 38.9 Å². The smallest absolute Gasteiger partial charge is 0.345 e. The molecule has 11 heteroatoms. The number of halogens is 3. The van der Waals surface area contributed by atoms with Gasteiger partial charge in [0.2, 0.25) is 0 Å². The predicted molar refractivity (Wildman–Crippen MR) is 126 cm³/mol. The van der Waals surface area contributed by atoms with Crippen molar-refractivity contribution >= 4 is 12.2 Å². The third kappa shape index (κ3) is 4.90. The first-order valence-electron chi connectivity index (χ1n) is 11.0. The average molecular weight is 496 g/mol. The van der Waals surface area contributed by atoms with Gasteiger partial charge in [-0.2, -0.15) is 23.4 Å². The lowest BCUT2D eigenvalue weighted by molar-refractivity contribution is -0.182. The molecule has 0 aliphatic rings. The quantitative estimate of drug-likeness (QED) is 0.365. The summed E-state index contributed by atoms with van der Waals surface area (Å²) in [5, 5.41) is 13.0. The Morgan fingerprint density at radius 2 is 1.81 bits per heavy atom. The van der Waals surface area contributed by atoms with Crippen molar-refractivity contribution in [3.63, 3.8) is 0 Å². The van der Waals surface area contributed by atoms with Crippen LogP contribution in [-0.4, -0.2) is 43.3 Å². The van der Waals surface area contributed by atoms with Gasteiger partial charge in [0, 0.05) is 11.8 Å². The molecule has 2 aromatic heterocycles. The lowest BCUT2D eigenvalue weighted by atomic mass is 9.92. The molecule has 36 heavy (non-hydrogen) atoms. The molecule has 0 fully saturated rings. The molecule has 186 valence electrons. The first kappa shape index (κ1) is 24.8. The number of alkyl halides is 3. The fraction of sp³-hybridized carbons (Fsp3) is 0.240. The fourth-order valence-electron chi connectivity index (χ4n) is 3.46. The van der Waals surface area contributed by atoms with Crippen LogP contribution in [-0.2, 0) is 12.0 Å².